The summed E-state index contributed by atoms with van der Waals surface area (Å²) in [7, 11) is 1.51. The maximum Gasteiger partial charge on any atom is 0.278 e. The van der Waals surface area contributed by atoms with Crippen molar-refractivity contribution in [1.29, 1.82) is 0 Å². The van der Waals surface area contributed by atoms with Crippen molar-refractivity contribution in [2.24, 2.45) is 0 Å². The molecule has 0 aliphatic carbocycles. The van der Waals surface area contributed by atoms with E-state index in [-0.39, 0.29) is 22.7 Å². The third-order valence-electron chi connectivity index (χ3n) is 4.51. The lowest BCUT2D eigenvalue weighted by atomic mass is 10.1. The first-order valence-electron chi connectivity index (χ1n) is 9.97. The highest BCUT2D eigenvalue weighted by atomic mass is 35.5. The zero-order valence-corrected chi connectivity index (χ0v) is 19.7. The van der Waals surface area contributed by atoms with Gasteiger partial charge in [-0.1, -0.05) is 48.5 Å². The Labute approximate surface area is 199 Å². The summed E-state index contributed by atoms with van der Waals surface area (Å²) in [5.74, 6) is -0.0375. The fraction of sp³-hybridized carbons (Fsp3) is 0.227. The smallest absolute Gasteiger partial charge is 0.278 e. The Morgan fingerprint density at radius 3 is 2.58 bits per heavy atom. The van der Waals surface area contributed by atoms with Crippen LogP contribution in [0.4, 0.5) is 11.4 Å². The summed E-state index contributed by atoms with van der Waals surface area (Å²) in [4.78, 5) is 39.6. The fourth-order valence-corrected chi connectivity index (χ4v) is 4.06. The number of rotatable bonds is 8. The lowest BCUT2D eigenvalue weighted by molar-refractivity contribution is -0.116. The number of aromatic nitrogens is 3. The van der Waals surface area contributed by atoms with Crippen molar-refractivity contribution in [3.63, 3.8) is 0 Å². The number of nitrogens with one attached hydrogen (secondary N) is 3. The van der Waals surface area contributed by atoms with E-state index in [1.165, 1.54) is 14.0 Å². The van der Waals surface area contributed by atoms with E-state index in [4.69, 9.17) is 16.3 Å². The number of amides is 2. The zero-order chi connectivity index (χ0) is 24.0. The summed E-state index contributed by atoms with van der Waals surface area (Å²) in [6, 6.07) is 11.7. The molecule has 0 bridgehead atoms. The summed E-state index contributed by atoms with van der Waals surface area (Å²) in [5, 5.41) is 13.6. The Hall–Kier alpha value is -3.37. The molecule has 0 saturated heterocycles. The molecule has 0 aliphatic heterocycles. The van der Waals surface area contributed by atoms with Crippen molar-refractivity contribution < 1.29 is 14.3 Å². The van der Waals surface area contributed by atoms with Gasteiger partial charge in [-0.25, -0.2) is 0 Å². The molecule has 0 spiro atoms. The number of nitrogens with zero attached hydrogens (tertiary/aromatic N) is 2. The van der Waals surface area contributed by atoms with Crippen LogP contribution < -0.4 is 20.9 Å². The summed E-state index contributed by atoms with van der Waals surface area (Å²) in [6.45, 7) is 3.23. The highest BCUT2D eigenvalue weighted by Gasteiger charge is 2.21. The monoisotopic (exact) mass is 487 g/mol. The number of hydrogen-bond acceptors (Lipinski definition) is 7. The minimum atomic E-state index is -0.534. The number of halogens is 1. The number of carbonyl (C=O) groups is 2. The molecule has 0 radical (unpaired) electrons. The predicted molar refractivity (Wildman–Crippen MR) is 129 cm³/mol. The van der Waals surface area contributed by atoms with Crippen LogP contribution in [0.2, 0.25) is 5.02 Å². The topological polar surface area (TPSA) is 126 Å². The van der Waals surface area contributed by atoms with Crippen molar-refractivity contribution >= 4 is 46.6 Å². The maximum atomic E-state index is 12.7. The van der Waals surface area contributed by atoms with Gasteiger partial charge in [-0.2, -0.15) is 0 Å². The zero-order valence-electron chi connectivity index (χ0n) is 18.1. The molecule has 33 heavy (non-hydrogen) atoms. The van der Waals surface area contributed by atoms with Gasteiger partial charge in [-0.05, 0) is 30.7 Å². The number of ether oxygens (including phenoxy) is 1. The lowest BCUT2D eigenvalue weighted by Crippen LogP contribution is -2.25. The van der Waals surface area contributed by atoms with E-state index >= 15 is 0 Å². The number of methoxy groups -OCH3 is 1. The lowest BCUT2D eigenvalue weighted by Gasteiger charge is -2.15. The number of anilines is 2. The average molecular weight is 488 g/mol. The molecular weight excluding hydrogens is 466 g/mol. The van der Waals surface area contributed by atoms with Crippen LogP contribution in [0.5, 0.6) is 5.75 Å². The van der Waals surface area contributed by atoms with E-state index in [2.05, 4.69) is 25.8 Å². The largest absolute Gasteiger partial charge is 0.495 e. The Morgan fingerprint density at radius 1 is 1.18 bits per heavy atom. The van der Waals surface area contributed by atoms with Crippen LogP contribution in [0.3, 0.4) is 0 Å². The highest BCUT2D eigenvalue weighted by Crippen LogP contribution is 2.29. The van der Waals surface area contributed by atoms with Crippen LogP contribution in [0.1, 0.15) is 20.3 Å². The SMILES string of the molecule is CC[C@H](Sc1nnc(-c2ccccc2NC(C)=O)c(=O)[nH]1)C(=O)Nc1ccc(OC)c(Cl)c1. The van der Waals surface area contributed by atoms with Gasteiger partial charge in [0.05, 0.1) is 23.1 Å². The molecule has 0 unspecified atom stereocenters. The van der Waals surface area contributed by atoms with Gasteiger partial charge < -0.3 is 15.4 Å². The van der Waals surface area contributed by atoms with Crippen LogP contribution in [0.15, 0.2) is 52.4 Å². The minimum Gasteiger partial charge on any atom is -0.495 e. The second-order valence-corrected chi connectivity index (χ2v) is 8.49. The van der Waals surface area contributed by atoms with E-state index in [1.807, 2.05) is 6.92 Å². The van der Waals surface area contributed by atoms with Crippen LogP contribution >= 0.6 is 23.4 Å². The summed E-state index contributed by atoms with van der Waals surface area (Å²) >= 11 is 7.21. The van der Waals surface area contributed by atoms with Crippen molar-refractivity contribution in [2.75, 3.05) is 17.7 Å². The van der Waals surface area contributed by atoms with E-state index in [0.717, 1.165) is 11.8 Å². The van der Waals surface area contributed by atoms with Crippen LogP contribution in [0, 0.1) is 0 Å². The van der Waals surface area contributed by atoms with Gasteiger partial charge in [-0.3, -0.25) is 19.4 Å². The van der Waals surface area contributed by atoms with Crippen molar-refractivity contribution in [2.45, 2.75) is 30.7 Å². The molecule has 1 atom stereocenters. The van der Waals surface area contributed by atoms with Crippen LogP contribution in [0.25, 0.3) is 11.3 Å². The number of para-hydroxylation sites is 1. The van der Waals surface area contributed by atoms with E-state index < -0.39 is 10.8 Å². The first kappa shape index (κ1) is 24.3. The van der Waals surface area contributed by atoms with Gasteiger partial charge in [0.25, 0.3) is 5.56 Å². The normalized spacial score (nSPS) is 11.5. The van der Waals surface area contributed by atoms with E-state index in [0.29, 0.717) is 34.1 Å². The van der Waals surface area contributed by atoms with Crippen LogP contribution in [-0.4, -0.2) is 39.4 Å². The molecule has 172 valence electrons. The number of benzene rings is 2. The number of aromatic amines is 1. The average Bonchev–Trinajstić information content (AvgIpc) is 2.78. The fourth-order valence-electron chi connectivity index (χ4n) is 2.96. The van der Waals surface area contributed by atoms with Gasteiger partial charge in [0.2, 0.25) is 11.8 Å². The third-order valence-corrected chi connectivity index (χ3v) is 6.04. The molecule has 3 aromatic rings. The number of H-pyrrole nitrogens is 1. The number of thioether (sulfide) groups is 1. The second kappa shape index (κ2) is 11.0. The standard InChI is InChI=1S/C22H22ClN5O4S/c1-4-18(20(30)25-13-9-10-17(32-3)15(23)11-13)33-22-26-21(31)19(27-28-22)14-7-5-6-8-16(14)24-12(2)29/h5-11,18H,4H2,1-3H3,(H,24,29)(H,25,30)(H,26,28,31)/t18-/m0/s1. The predicted octanol–water partition coefficient (Wildman–Crippen LogP) is 3.96. The van der Waals surface area contributed by atoms with Crippen molar-refractivity contribution in [3.05, 3.63) is 57.8 Å². The molecule has 11 heteroatoms. The molecule has 3 N–H and O–H groups in total. The molecular formula is C22H22ClN5O4S. The molecule has 2 aromatic carbocycles. The summed E-state index contributed by atoms with van der Waals surface area (Å²) in [5.41, 5.74) is 0.999. The first-order valence-corrected chi connectivity index (χ1v) is 11.2. The molecule has 1 heterocycles. The van der Waals surface area contributed by atoms with Gasteiger partial charge in [-0.15, -0.1) is 10.2 Å². The first-order chi connectivity index (χ1) is 15.8. The number of hydrogen-bond donors (Lipinski definition) is 3. The second-order valence-electron chi connectivity index (χ2n) is 6.89. The van der Waals surface area contributed by atoms with Crippen LogP contribution in [-0.2, 0) is 9.59 Å². The van der Waals surface area contributed by atoms with Gasteiger partial charge in [0.1, 0.15) is 5.75 Å². The molecule has 0 saturated carbocycles. The molecule has 1 aromatic heterocycles. The van der Waals surface area contributed by atoms with Crippen molar-refractivity contribution in [1.82, 2.24) is 15.2 Å². The Bertz CT molecular complexity index is 1230. The van der Waals surface area contributed by atoms with Gasteiger partial charge in [0, 0.05) is 18.2 Å². The molecule has 9 nitrogen and oxygen atoms in total. The van der Waals surface area contributed by atoms with E-state index in [1.54, 1.807) is 42.5 Å². The Kier molecular flexibility index (Phi) is 8.07. The quantitative estimate of drug-likeness (QED) is 0.410. The van der Waals surface area contributed by atoms with Crippen molar-refractivity contribution in [3.8, 4) is 17.0 Å². The molecule has 2 amide bonds. The van der Waals surface area contributed by atoms with E-state index in [9.17, 15) is 14.4 Å². The molecule has 0 aliphatic rings. The Morgan fingerprint density at radius 2 is 1.94 bits per heavy atom. The molecule has 3 rings (SSSR count). The third kappa shape index (κ3) is 6.11. The maximum absolute atomic E-state index is 12.7. The van der Waals surface area contributed by atoms with Gasteiger partial charge in [0.15, 0.2) is 10.9 Å². The highest BCUT2D eigenvalue weighted by molar-refractivity contribution is 8.00. The summed E-state index contributed by atoms with van der Waals surface area (Å²) in [6.07, 6.45) is 0.483. The Balaban J connectivity index is 1.77. The number of carbonyl (C=O) groups excluding carboxylic acids is 2. The minimum absolute atomic E-state index is 0.0640. The van der Waals surface area contributed by atoms with Gasteiger partial charge >= 0.3 is 0 Å². The summed E-state index contributed by atoms with van der Waals surface area (Å²) < 4.78 is 5.11. The molecule has 0 fully saturated rings.